The van der Waals surface area contributed by atoms with E-state index in [2.05, 4.69) is 11.8 Å². The van der Waals surface area contributed by atoms with Crippen LogP contribution in [-0.2, 0) is 11.6 Å². The highest BCUT2D eigenvalue weighted by Gasteiger charge is 2.16. The first kappa shape index (κ1) is 13.1. The Morgan fingerprint density at radius 3 is 2.15 bits per heavy atom. The molecule has 1 aliphatic carbocycles. The van der Waals surface area contributed by atoms with Crippen molar-refractivity contribution in [3.63, 3.8) is 0 Å². The Kier molecular flexibility index (Phi) is 8.71. The molecule has 78 valence electrons. The van der Waals surface area contributed by atoms with Crippen molar-refractivity contribution in [2.24, 2.45) is 11.8 Å². The molecule has 3 nitrogen and oxygen atoms in total. The first-order chi connectivity index (χ1) is 6.24. The number of halogens is 1. The lowest BCUT2D eigenvalue weighted by Gasteiger charge is -2.25. The molecule has 0 bridgehead atoms. The van der Waals surface area contributed by atoms with Crippen LogP contribution in [0.5, 0.6) is 0 Å². The summed E-state index contributed by atoms with van der Waals surface area (Å²) in [6.07, 6.45) is 5.51. The van der Waals surface area contributed by atoms with Crippen LogP contribution in [0.15, 0.2) is 0 Å². The van der Waals surface area contributed by atoms with E-state index >= 15 is 0 Å². The van der Waals surface area contributed by atoms with E-state index in [1.807, 2.05) is 0 Å². The summed E-state index contributed by atoms with van der Waals surface area (Å²) in [5.74, 6) is 1.79. The predicted molar refractivity (Wildman–Crippen MR) is 53.9 cm³/mol. The summed E-state index contributed by atoms with van der Waals surface area (Å²) < 4.78 is 16.6. The van der Waals surface area contributed by atoms with E-state index in [9.17, 15) is 0 Å². The van der Waals surface area contributed by atoms with E-state index in [-0.39, 0.29) is 0 Å². The largest absolute Gasteiger partial charge is 0.335 e. The molecule has 1 fully saturated rings. The van der Waals surface area contributed by atoms with Crippen molar-refractivity contribution in [2.45, 2.75) is 32.6 Å². The fraction of sp³-hybridized carbons (Fsp3) is 1.00. The van der Waals surface area contributed by atoms with Crippen LogP contribution in [0, 0.1) is 11.8 Å². The van der Waals surface area contributed by atoms with E-state index in [1.165, 1.54) is 25.7 Å². The highest BCUT2D eigenvalue weighted by molar-refractivity contribution is 7.51. The molecule has 0 atom stereocenters. The molecule has 1 N–H and O–H groups in total. The average Bonchev–Trinajstić information content (AvgIpc) is 2.11. The van der Waals surface area contributed by atoms with Gasteiger partial charge in [-0.1, -0.05) is 19.8 Å². The van der Waals surface area contributed by atoms with Crippen molar-refractivity contribution in [2.75, 3.05) is 6.54 Å². The zero-order valence-corrected chi connectivity index (χ0v) is 9.37. The van der Waals surface area contributed by atoms with Crippen LogP contribution in [0.25, 0.3) is 0 Å². The monoisotopic (exact) mass is 225 g/mol. The van der Waals surface area contributed by atoms with Crippen LogP contribution >= 0.6 is 11.8 Å². The van der Waals surface area contributed by atoms with E-state index < -0.39 is 11.6 Å². The van der Waals surface area contributed by atoms with E-state index in [0.29, 0.717) is 0 Å². The highest BCUT2D eigenvalue weighted by atomic mass is 35.5. The van der Waals surface area contributed by atoms with Crippen molar-refractivity contribution < 1.29 is 8.42 Å². The Balaban J connectivity index is 0.000000424. The summed E-state index contributed by atoms with van der Waals surface area (Å²) in [6, 6.07) is 0. The molecule has 1 saturated carbocycles. The average molecular weight is 226 g/mol. The van der Waals surface area contributed by atoms with Crippen LogP contribution in [0.2, 0.25) is 0 Å². The van der Waals surface area contributed by atoms with E-state index in [0.717, 1.165) is 18.4 Å². The first-order valence-corrected chi connectivity index (χ1v) is 5.54. The van der Waals surface area contributed by atoms with E-state index in [1.54, 1.807) is 0 Å². The summed E-state index contributed by atoms with van der Waals surface area (Å²) >= 11 is 4.67. The zero-order valence-electron chi connectivity index (χ0n) is 7.79. The summed E-state index contributed by atoms with van der Waals surface area (Å²) in [7, 11) is 0. The fourth-order valence-electron chi connectivity index (χ4n) is 1.64. The number of nitrogens with one attached hydrogen (secondary N) is 1. The van der Waals surface area contributed by atoms with Crippen LogP contribution in [-0.4, -0.2) is 15.0 Å². The van der Waals surface area contributed by atoms with E-state index in [4.69, 9.17) is 20.2 Å². The third kappa shape index (κ3) is 7.16. The van der Waals surface area contributed by atoms with Gasteiger partial charge in [0.25, 0.3) is 0 Å². The maximum atomic E-state index is 8.29. The van der Waals surface area contributed by atoms with Gasteiger partial charge < -0.3 is 0 Å². The van der Waals surface area contributed by atoms with Crippen molar-refractivity contribution in [1.82, 2.24) is 4.84 Å². The second-order valence-electron chi connectivity index (χ2n) is 3.53. The van der Waals surface area contributed by atoms with Crippen LogP contribution in [0.3, 0.4) is 0 Å². The molecule has 1 rings (SSSR count). The van der Waals surface area contributed by atoms with Gasteiger partial charge in [-0.2, -0.15) is 8.42 Å². The molecule has 0 heterocycles. The van der Waals surface area contributed by atoms with Gasteiger partial charge in [-0.05, 0) is 36.5 Å². The molecule has 0 unspecified atom stereocenters. The molecule has 0 spiro atoms. The van der Waals surface area contributed by atoms with Crippen LogP contribution < -0.4 is 4.84 Å². The van der Waals surface area contributed by atoms with Gasteiger partial charge in [-0.3, -0.25) is 0 Å². The molecule has 0 aliphatic heterocycles. The third-order valence-electron chi connectivity index (χ3n) is 2.50. The van der Waals surface area contributed by atoms with Crippen molar-refractivity contribution in [3.05, 3.63) is 0 Å². The quantitative estimate of drug-likeness (QED) is 0.730. The Labute approximate surface area is 87.9 Å². The minimum atomic E-state index is -0.750. The van der Waals surface area contributed by atoms with Crippen LogP contribution in [0.1, 0.15) is 32.6 Å². The lowest BCUT2D eigenvalue weighted by Crippen LogP contribution is -2.20. The minimum Gasteiger partial charge on any atom is -0.233 e. The predicted octanol–water partition coefficient (Wildman–Crippen LogP) is 1.89. The number of hydrogen-bond acceptors (Lipinski definition) is 3. The summed E-state index contributed by atoms with van der Waals surface area (Å²) in [6.45, 7) is 3.33. The Bertz CT molecular complexity index is 154. The Hall–Kier alpha value is 0.0700. The fourth-order valence-corrected chi connectivity index (χ4v) is 1.86. The lowest BCUT2D eigenvalue weighted by atomic mass is 9.83. The standard InChI is InChI=1S/C8H16ClN.O2S/c1-7-2-4-8(5-3-7)6-10-9;1-3-2/h7-8,10H,2-6H2,1H3;. The second kappa shape index (κ2) is 8.66. The van der Waals surface area contributed by atoms with Gasteiger partial charge in [0.15, 0.2) is 0 Å². The normalized spacial score (nSPS) is 27.2. The molecule has 13 heavy (non-hydrogen) atoms. The van der Waals surface area contributed by atoms with Gasteiger partial charge in [-0.15, -0.1) is 0 Å². The topological polar surface area (TPSA) is 46.2 Å². The first-order valence-electron chi connectivity index (χ1n) is 4.49. The molecular formula is C8H16ClNO2S. The van der Waals surface area contributed by atoms with Gasteiger partial charge >= 0.3 is 11.6 Å². The number of hydrogen-bond donors (Lipinski definition) is 1. The Morgan fingerprint density at radius 1 is 1.31 bits per heavy atom. The van der Waals surface area contributed by atoms with Crippen molar-refractivity contribution in [1.29, 1.82) is 0 Å². The molecule has 0 amide bonds. The molecule has 5 heteroatoms. The molecule has 0 aromatic carbocycles. The van der Waals surface area contributed by atoms with Gasteiger partial charge in [0, 0.05) is 6.54 Å². The summed E-state index contributed by atoms with van der Waals surface area (Å²) in [5, 5.41) is 0. The molecule has 1 aliphatic rings. The SMILES string of the molecule is CC1CCC(CNCl)CC1.O=S=O. The molecular weight excluding hydrogens is 210 g/mol. The third-order valence-corrected chi connectivity index (χ3v) is 2.66. The summed E-state index contributed by atoms with van der Waals surface area (Å²) in [4.78, 5) is 2.72. The van der Waals surface area contributed by atoms with Crippen LogP contribution in [0.4, 0.5) is 0 Å². The maximum absolute atomic E-state index is 8.29. The zero-order chi connectivity index (χ0) is 10.1. The Morgan fingerprint density at radius 2 is 1.77 bits per heavy atom. The van der Waals surface area contributed by atoms with Crippen molar-refractivity contribution >= 4 is 23.3 Å². The number of rotatable bonds is 2. The summed E-state index contributed by atoms with van der Waals surface area (Å²) in [5.41, 5.74) is 0. The lowest BCUT2D eigenvalue weighted by molar-refractivity contribution is 0.291. The molecule has 0 radical (unpaired) electrons. The van der Waals surface area contributed by atoms with Gasteiger partial charge in [0.1, 0.15) is 0 Å². The maximum Gasteiger partial charge on any atom is 0.335 e. The highest BCUT2D eigenvalue weighted by Crippen LogP contribution is 2.27. The molecule has 0 aromatic heterocycles. The van der Waals surface area contributed by atoms with Gasteiger partial charge in [0.2, 0.25) is 0 Å². The smallest absolute Gasteiger partial charge is 0.233 e. The minimum absolute atomic E-state index is 0.750. The molecule has 0 saturated heterocycles. The van der Waals surface area contributed by atoms with Gasteiger partial charge in [-0.25, -0.2) is 4.84 Å². The van der Waals surface area contributed by atoms with Gasteiger partial charge in [0.05, 0.1) is 0 Å². The van der Waals surface area contributed by atoms with Crippen molar-refractivity contribution in [3.8, 4) is 0 Å². The second-order valence-corrected chi connectivity index (χ2v) is 3.94. The molecule has 0 aromatic rings.